The van der Waals surface area contributed by atoms with Crippen LogP contribution < -0.4 is 21.9 Å². The van der Waals surface area contributed by atoms with E-state index in [2.05, 4.69) is 20.6 Å². The fraction of sp³-hybridized carbons (Fsp3) is 0.304. The number of nitrogen functional groups attached to an aromatic ring is 1. The van der Waals surface area contributed by atoms with Gasteiger partial charge >= 0.3 is 0 Å². The summed E-state index contributed by atoms with van der Waals surface area (Å²) in [5.41, 5.74) is 8.96. The summed E-state index contributed by atoms with van der Waals surface area (Å²) < 4.78 is 14.8. The van der Waals surface area contributed by atoms with Gasteiger partial charge in [-0.15, -0.1) is 0 Å². The molecule has 4 N–H and O–H groups in total. The van der Waals surface area contributed by atoms with Crippen molar-refractivity contribution in [2.24, 2.45) is 0 Å². The van der Waals surface area contributed by atoms with Crippen LogP contribution in [0.15, 0.2) is 41.3 Å². The van der Waals surface area contributed by atoms with Gasteiger partial charge in [0.25, 0.3) is 5.56 Å². The number of pyridine rings is 1. The number of fused-ring (bicyclic) bond motifs is 1. The van der Waals surface area contributed by atoms with Crippen molar-refractivity contribution < 1.29 is 9.18 Å². The molecule has 0 fully saturated rings. The molecule has 32 heavy (non-hydrogen) atoms. The molecule has 0 aliphatic carbocycles. The lowest BCUT2D eigenvalue weighted by molar-refractivity contribution is -0.124. The predicted octanol–water partition coefficient (Wildman–Crippen LogP) is 2.39. The van der Waals surface area contributed by atoms with E-state index in [1.807, 2.05) is 19.9 Å². The van der Waals surface area contributed by atoms with E-state index in [9.17, 15) is 14.0 Å². The molecule has 0 saturated carbocycles. The van der Waals surface area contributed by atoms with Gasteiger partial charge in [-0.25, -0.2) is 14.4 Å². The number of anilines is 2. The van der Waals surface area contributed by atoms with Crippen LogP contribution in [-0.2, 0) is 24.3 Å². The third kappa shape index (κ3) is 4.32. The third-order valence-electron chi connectivity index (χ3n) is 5.77. The summed E-state index contributed by atoms with van der Waals surface area (Å²) in [6, 6.07) is 7.41. The standard InChI is InChI=1S/C23H25FN6O2/c1-13-9-17(24)5-3-15(13)10-26-18-12-27-21-8-6-19(30(21)23(18)32)22(31)28-11-16-4-7-20(25)29-14(16)2/h3-5,7,9,12,19,26H,6,8,10-11H2,1-2H3,(H2,25,29)(H,28,31)/t19-/m0/s1. The van der Waals surface area contributed by atoms with Gasteiger partial charge in [0.1, 0.15) is 29.2 Å². The van der Waals surface area contributed by atoms with Crippen molar-refractivity contribution in [1.29, 1.82) is 0 Å². The molecular formula is C23H25FN6O2. The smallest absolute Gasteiger partial charge is 0.277 e. The molecule has 9 heteroatoms. The predicted molar refractivity (Wildman–Crippen MR) is 120 cm³/mol. The first-order valence-electron chi connectivity index (χ1n) is 10.4. The van der Waals surface area contributed by atoms with E-state index in [0.29, 0.717) is 43.3 Å². The number of aromatic nitrogens is 3. The largest absolute Gasteiger partial charge is 0.384 e. The number of benzene rings is 1. The van der Waals surface area contributed by atoms with E-state index in [1.165, 1.54) is 22.9 Å². The fourth-order valence-corrected chi connectivity index (χ4v) is 3.92. The number of halogens is 1. The monoisotopic (exact) mass is 436 g/mol. The molecule has 3 heterocycles. The molecule has 0 bridgehead atoms. The van der Waals surface area contributed by atoms with Gasteiger partial charge in [-0.1, -0.05) is 12.1 Å². The van der Waals surface area contributed by atoms with Gasteiger partial charge in [0, 0.05) is 25.2 Å². The van der Waals surface area contributed by atoms with Gasteiger partial charge in [-0.3, -0.25) is 14.2 Å². The maximum Gasteiger partial charge on any atom is 0.277 e. The fourth-order valence-electron chi connectivity index (χ4n) is 3.92. The summed E-state index contributed by atoms with van der Waals surface area (Å²) in [4.78, 5) is 34.6. The lowest BCUT2D eigenvalue weighted by atomic mass is 10.1. The molecule has 1 atom stereocenters. The Hall–Kier alpha value is -3.75. The number of hydrogen-bond acceptors (Lipinski definition) is 6. The van der Waals surface area contributed by atoms with Crippen LogP contribution in [-0.4, -0.2) is 20.4 Å². The summed E-state index contributed by atoms with van der Waals surface area (Å²) in [6.45, 7) is 4.29. The number of carbonyl (C=O) groups is 1. The molecule has 1 aliphatic rings. The number of hydrogen-bond donors (Lipinski definition) is 3. The molecule has 1 amide bonds. The van der Waals surface area contributed by atoms with Gasteiger partial charge in [0.05, 0.1) is 6.20 Å². The summed E-state index contributed by atoms with van der Waals surface area (Å²) in [5.74, 6) is 0.472. The van der Waals surface area contributed by atoms with Gasteiger partial charge in [0.2, 0.25) is 5.91 Å². The van der Waals surface area contributed by atoms with E-state index in [4.69, 9.17) is 5.73 Å². The first-order chi connectivity index (χ1) is 15.3. The number of nitrogens with one attached hydrogen (secondary N) is 2. The van der Waals surface area contributed by atoms with Crippen LogP contribution in [0.25, 0.3) is 0 Å². The van der Waals surface area contributed by atoms with E-state index in [0.717, 1.165) is 22.4 Å². The van der Waals surface area contributed by atoms with Crippen LogP contribution >= 0.6 is 0 Å². The molecule has 0 radical (unpaired) electrons. The highest BCUT2D eigenvalue weighted by Crippen LogP contribution is 2.23. The minimum Gasteiger partial charge on any atom is -0.384 e. The number of nitrogens with two attached hydrogens (primary N) is 1. The summed E-state index contributed by atoms with van der Waals surface area (Å²) in [7, 11) is 0. The Bertz CT molecular complexity index is 1240. The van der Waals surface area contributed by atoms with E-state index in [1.54, 1.807) is 12.1 Å². The Balaban J connectivity index is 1.49. The Labute approximate surface area is 184 Å². The van der Waals surface area contributed by atoms with Gasteiger partial charge in [-0.2, -0.15) is 0 Å². The molecule has 8 nitrogen and oxygen atoms in total. The van der Waals surface area contributed by atoms with Crippen molar-refractivity contribution in [2.75, 3.05) is 11.1 Å². The number of nitrogens with zero attached hydrogens (tertiary/aromatic N) is 3. The zero-order valence-electron chi connectivity index (χ0n) is 18.0. The Morgan fingerprint density at radius 1 is 1.22 bits per heavy atom. The van der Waals surface area contributed by atoms with Crippen LogP contribution in [0.5, 0.6) is 0 Å². The van der Waals surface area contributed by atoms with Crippen molar-refractivity contribution in [2.45, 2.75) is 45.8 Å². The number of amides is 1. The van der Waals surface area contributed by atoms with Gasteiger partial charge in [0.15, 0.2) is 0 Å². The molecule has 2 aromatic heterocycles. The van der Waals surface area contributed by atoms with Crippen molar-refractivity contribution in [3.8, 4) is 0 Å². The van der Waals surface area contributed by atoms with E-state index < -0.39 is 6.04 Å². The molecule has 4 rings (SSSR count). The topological polar surface area (TPSA) is 115 Å². The quantitative estimate of drug-likeness (QED) is 0.547. The molecule has 1 aliphatic heterocycles. The first kappa shape index (κ1) is 21.5. The third-order valence-corrected chi connectivity index (χ3v) is 5.77. The minimum atomic E-state index is -0.624. The van der Waals surface area contributed by atoms with Crippen molar-refractivity contribution in [3.05, 3.63) is 80.9 Å². The van der Waals surface area contributed by atoms with Gasteiger partial charge < -0.3 is 16.4 Å². The Morgan fingerprint density at radius 3 is 2.75 bits per heavy atom. The van der Waals surface area contributed by atoms with E-state index in [-0.39, 0.29) is 17.3 Å². The minimum absolute atomic E-state index is 0.240. The van der Waals surface area contributed by atoms with Crippen LogP contribution in [0.3, 0.4) is 0 Å². The lowest BCUT2D eigenvalue weighted by Gasteiger charge is -2.16. The Morgan fingerprint density at radius 2 is 2.00 bits per heavy atom. The molecule has 0 spiro atoms. The highest BCUT2D eigenvalue weighted by Gasteiger charge is 2.31. The highest BCUT2D eigenvalue weighted by atomic mass is 19.1. The Kier molecular flexibility index (Phi) is 5.89. The van der Waals surface area contributed by atoms with Crippen LogP contribution in [0.2, 0.25) is 0 Å². The zero-order valence-corrected chi connectivity index (χ0v) is 18.0. The first-order valence-corrected chi connectivity index (χ1v) is 10.4. The highest BCUT2D eigenvalue weighted by molar-refractivity contribution is 5.81. The second-order valence-electron chi connectivity index (χ2n) is 7.94. The number of carbonyl (C=O) groups excluding carboxylic acids is 1. The average Bonchev–Trinajstić information content (AvgIpc) is 3.19. The maximum absolute atomic E-state index is 13.3. The summed E-state index contributed by atoms with van der Waals surface area (Å²) >= 11 is 0. The van der Waals surface area contributed by atoms with E-state index >= 15 is 0 Å². The second kappa shape index (κ2) is 8.78. The molecule has 3 aromatic rings. The summed E-state index contributed by atoms with van der Waals surface area (Å²) in [6.07, 6.45) is 2.55. The molecular weight excluding hydrogens is 411 g/mol. The van der Waals surface area contributed by atoms with Crippen LogP contribution in [0, 0.1) is 19.7 Å². The van der Waals surface area contributed by atoms with Crippen LogP contribution in [0.4, 0.5) is 15.9 Å². The number of rotatable bonds is 6. The normalized spacial score (nSPS) is 14.8. The molecule has 0 saturated heterocycles. The maximum atomic E-state index is 13.3. The average molecular weight is 436 g/mol. The van der Waals surface area contributed by atoms with Crippen molar-refractivity contribution in [3.63, 3.8) is 0 Å². The second-order valence-corrected chi connectivity index (χ2v) is 7.94. The zero-order chi connectivity index (χ0) is 22.8. The number of aryl methyl sites for hydroxylation is 3. The molecule has 166 valence electrons. The van der Waals surface area contributed by atoms with Gasteiger partial charge in [-0.05, 0) is 55.2 Å². The SMILES string of the molecule is Cc1cc(F)ccc1CNc1cnc2n(c1=O)[C@H](C(=O)NCc1ccc(N)nc1C)CC2. The summed E-state index contributed by atoms with van der Waals surface area (Å²) in [5, 5.41) is 5.98. The van der Waals surface area contributed by atoms with Crippen molar-refractivity contribution >= 4 is 17.4 Å². The molecule has 1 aromatic carbocycles. The molecule has 0 unspecified atom stereocenters. The van der Waals surface area contributed by atoms with Crippen LogP contribution in [0.1, 0.15) is 40.7 Å². The van der Waals surface area contributed by atoms with Crippen molar-refractivity contribution in [1.82, 2.24) is 19.9 Å². The lowest BCUT2D eigenvalue weighted by Crippen LogP contribution is -2.36.